The average molecular weight is 338 g/mol. The van der Waals surface area contributed by atoms with Gasteiger partial charge >= 0.3 is 0 Å². The summed E-state index contributed by atoms with van der Waals surface area (Å²) < 4.78 is 0. The van der Waals surface area contributed by atoms with Gasteiger partial charge in [-0.25, -0.2) is 19.9 Å². The summed E-state index contributed by atoms with van der Waals surface area (Å²) in [6.07, 6.45) is 10.8. The summed E-state index contributed by atoms with van der Waals surface area (Å²) in [6.45, 7) is 4.99. The molecule has 4 rings (SSSR count). The lowest BCUT2D eigenvalue weighted by Gasteiger charge is -2.33. The fourth-order valence-corrected chi connectivity index (χ4v) is 3.97. The molecular formula is C19H26N6. The Morgan fingerprint density at radius 2 is 1.96 bits per heavy atom. The van der Waals surface area contributed by atoms with E-state index in [0.29, 0.717) is 5.92 Å². The highest BCUT2D eigenvalue weighted by Gasteiger charge is 2.23. The molecule has 1 unspecified atom stereocenters. The van der Waals surface area contributed by atoms with Crippen molar-refractivity contribution in [2.45, 2.75) is 45.4 Å². The summed E-state index contributed by atoms with van der Waals surface area (Å²) >= 11 is 0. The van der Waals surface area contributed by atoms with Crippen LogP contribution in [0, 0.1) is 12.8 Å². The Labute approximate surface area is 149 Å². The number of hydrogen-bond donors (Lipinski definition) is 1. The first kappa shape index (κ1) is 16.2. The molecule has 0 amide bonds. The van der Waals surface area contributed by atoms with Crippen LogP contribution in [-0.2, 0) is 12.8 Å². The Morgan fingerprint density at radius 1 is 1.12 bits per heavy atom. The van der Waals surface area contributed by atoms with Crippen molar-refractivity contribution in [2.24, 2.45) is 5.92 Å². The molecule has 3 heterocycles. The van der Waals surface area contributed by atoms with Crippen LogP contribution >= 0.6 is 0 Å². The largest absolute Gasteiger partial charge is 0.369 e. The smallest absolute Gasteiger partial charge is 0.225 e. The minimum absolute atomic E-state index is 0.590. The molecule has 2 aliphatic rings. The van der Waals surface area contributed by atoms with E-state index in [1.54, 1.807) is 0 Å². The molecule has 1 aliphatic heterocycles. The van der Waals surface area contributed by atoms with Gasteiger partial charge in [-0.1, -0.05) is 0 Å². The molecule has 1 fully saturated rings. The maximum Gasteiger partial charge on any atom is 0.225 e. The Hall–Kier alpha value is -2.24. The van der Waals surface area contributed by atoms with Crippen molar-refractivity contribution in [1.29, 1.82) is 0 Å². The standard InChI is InChI=1S/C19H26N6/c1-14-23-17-8-3-2-7-16(17)18(24-14)22-12-15-6-4-11-25(13-15)19-20-9-5-10-21-19/h5,9-10,15H,2-4,6-8,11-13H2,1H3,(H,22,23,24). The highest BCUT2D eigenvalue weighted by molar-refractivity contribution is 5.48. The van der Waals surface area contributed by atoms with E-state index >= 15 is 0 Å². The molecule has 6 heteroatoms. The second-order valence-electron chi connectivity index (χ2n) is 7.14. The Morgan fingerprint density at radius 3 is 2.84 bits per heavy atom. The van der Waals surface area contributed by atoms with Gasteiger partial charge in [0.05, 0.1) is 0 Å². The number of piperidine rings is 1. The van der Waals surface area contributed by atoms with E-state index in [1.807, 2.05) is 25.4 Å². The number of fused-ring (bicyclic) bond motifs is 1. The summed E-state index contributed by atoms with van der Waals surface area (Å²) in [5.41, 5.74) is 2.60. The van der Waals surface area contributed by atoms with Crippen LogP contribution < -0.4 is 10.2 Å². The van der Waals surface area contributed by atoms with Gasteiger partial charge < -0.3 is 10.2 Å². The van der Waals surface area contributed by atoms with E-state index < -0.39 is 0 Å². The highest BCUT2D eigenvalue weighted by atomic mass is 15.3. The van der Waals surface area contributed by atoms with Gasteiger partial charge in [0.1, 0.15) is 11.6 Å². The van der Waals surface area contributed by atoms with Crippen molar-refractivity contribution < 1.29 is 0 Å². The van der Waals surface area contributed by atoms with Crippen molar-refractivity contribution in [3.05, 3.63) is 35.5 Å². The molecule has 25 heavy (non-hydrogen) atoms. The zero-order chi connectivity index (χ0) is 17.1. The molecular weight excluding hydrogens is 312 g/mol. The van der Waals surface area contributed by atoms with Gasteiger partial charge in [0.2, 0.25) is 5.95 Å². The van der Waals surface area contributed by atoms with Gasteiger partial charge in [-0.2, -0.15) is 0 Å². The number of hydrogen-bond acceptors (Lipinski definition) is 6. The first-order valence-electron chi connectivity index (χ1n) is 9.42. The molecule has 1 saturated heterocycles. The summed E-state index contributed by atoms with van der Waals surface area (Å²) in [6, 6.07) is 1.87. The number of anilines is 2. The van der Waals surface area contributed by atoms with Crippen LogP contribution in [0.3, 0.4) is 0 Å². The van der Waals surface area contributed by atoms with Crippen LogP contribution in [0.5, 0.6) is 0 Å². The van der Waals surface area contributed by atoms with Crippen LogP contribution in [0.15, 0.2) is 18.5 Å². The second-order valence-corrected chi connectivity index (χ2v) is 7.14. The number of aryl methyl sites for hydroxylation is 2. The summed E-state index contributed by atoms with van der Waals surface area (Å²) in [5, 5.41) is 3.64. The topological polar surface area (TPSA) is 66.8 Å². The molecule has 1 N–H and O–H groups in total. The molecule has 6 nitrogen and oxygen atoms in total. The third kappa shape index (κ3) is 3.72. The summed E-state index contributed by atoms with van der Waals surface area (Å²) in [7, 11) is 0. The van der Waals surface area contributed by atoms with Crippen LogP contribution in [0.25, 0.3) is 0 Å². The van der Waals surface area contributed by atoms with Crippen LogP contribution in [0.1, 0.15) is 42.8 Å². The minimum atomic E-state index is 0.590. The van der Waals surface area contributed by atoms with Crippen molar-refractivity contribution in [2.75, 3.05) is 29.9 Å². The third-order valence-electron chi connectivity index (χ3n) is 5.21. The normalized spacial score (nSPS) is 20.2. The van der Waals surface area contributed by atoms with Gasteiger partial charge in [0.25, 0.3) is 0 Å². The predicted octanol–water partition coefficient (Wildman–Crippen LogP) is 2.78. The van der Waals surface area contributed by atoms with Crippen LogP contribution in [0.4, 0.5) is 11.8 Å². The molecule has 132 valence electrons. The number of rotatable bonds is 4. The summed E-state index contributed by atoms with van der Waals surface area (Å²) in [4.78, 5) is 20.4. The number of nitrogens with zero attached hydrogens (tertiary/aromatic N) is 5. The molecule has 2 aromatic rings. The number of aromatic nitrogens is 4. The fraction of sp³-hybridized carbons (Fsp3) is 0.579. The van der Waals surface area contributed by atoms with Crippen molar-refractivity contribution in [3.63, 3.8) is 0 Å². The quantitative estimate of drug-likeness (QED) is 0.925. The van der Waals surface area contributed by atoms with Gasteiger partial charge in [0.15, 0.2) is 0 Å². The predicted molar refractivity (Wildman–Crippen MR) is 98.9 cm³/mol. The lowest BCUT2D eigenvalue weighted by molar-refractivity contribution is 0.427. The molecule has 1 aliphatic carbocycles. The fourth-order valence-electron chi connectivity index (χ4n) is 3.97. The van der Waals surface area contributed by atoms with Gasteiger partial charge in [-0.15, -0.1) is 0 Å². The van der Waals surface area contributed by atoms with E-state index in [-0.39, 0.29) is 0 Å². The lowest BCUT2D eigenvalue weighted by atomic mass is 9.95. The maximum atomic E-state index is 4.69. The third-order valence-corrected chi connectivity index (χ3v) is 5.21. The highest BCUT2D eigenvalue weighted by Crippen LogP contribution is 2.26. The molecule has 2 aromatic heterocycles. The van der Waals surface area contributed by atoms with E-state index in [1.165, 1.54) is 36.9 Å². The average Bonchev–Trinajstić information content (AvgIpc) is 2.67. The Kier molecular flexibility index (Phi) is 4.76. The summed E-state index contributed by atoms with van der Waals surface area (Å²) in [5.74, 6) is 3.39. The lowest BCUT2D eigenvalue weighted by Crippen LogP contribution is -2.39. The number of nitrogens with one attached hydrogen (secondary N) is 1. The second kappa shape index (κ2) is 7.33. The first-order valence-corrected chi connectivity index (χ1v) is 9.42. The molecule has 0 aromatic carbocycles. The Bertz CT molecular complexity index is 717. The van der Waals surface area contributed by atoms with Gasteiger partial charge in [-0.3, -0.25) is 0 Å². The Balaban J connectivity index is 1.42. The van der Waals surface area contributed by atoms with Gasteiger partial charge in [-0.05, 0) is 57.4 Å². The molecule has 0 spiro atoms. The van der Waals surface area contributed by atoms with E-state index in [0.717, 1.165) is 50.1 Å². The van der Waals surface area contributed by atoms with Crippen LogP contribution in [0.2, 0.25) is 0 Å². The zero-order valence-corrected chi connectivity index (χ0v) is 14.9. The van der Waals surface area contributed by atoms with E-state index in [9.17, 15) is 0 Å². The minimum Gasteiger partial charge on any atom is -0.369 e. The molecule has 1 atom stereocenters. The van der Waals surface area contributed by atoms with Crippen molar-refractivity contribution in [1.82, 2.24) is 19.9 Å². The van der Waals surface area contributed by atoms with Crippen LogP contribution in [-0.4, -0.2) is 39.6 Å². The SMILES string of the molecule is Cc1nc2c(c(NCC3CCCN(c4ncccn4)C3)n1)CCCC2. The van der Waals surface area contributed by atoms with E-state index in [4.69, 9.17) is 0 Å². The first-order chi connectivity index (χ1) is 12.3. The van der Waals surface area contributed by atoms with Crippen molar-refractivity contribution >= 4 is 11.8 Å². The van der Waals surface area contributed by atoms with Crippen molar-refractivity contribution in [3.8, 4) is 0 Å². The van der Waals surface area contributed by atoms with Gasteiger partial charge in [0, 0.05) is 43.3 Å². The molecule has 0 radical (unpaired) electrons. The van der Waals surface area contributed by atoms with E-state index in [2.05, 4.69) is 30.2 Å². The zero-order valence-electron chi connectivity index (χ0n) is 14.9. The monoisotopic (exact) mass is 338 g/mol. The molecule has 0 saturated carbocycles. The molecule has 0 bridgehead atoms. The maximum absolute atomic E-state index is 4.69.